The van der Waals surface area contributed by atoms with Crippen LogP contribution in [0.2, 0.25) is 5.02 Å². The van der Waals surface area contributed by atoms with Crippen LogP contribution in [0, 0.1) is 6.92 Å². The third kappa shape index (κ3) is 5.74. The molecule has 0 saturated heterocycles. The van der Waals surface area contributed by atoms with Gasteiger partial charge in [0.15, 0.2) is 0 Å². The summed E-state index contributed by atoms with van der Waals surface area (Å²) in [6, 6.07) is 15.3. The van der Waals surface area contributed by atoms with Crippen LogP contribution in [0.1, 0.15) is 31.8 Å². The largest absolute Gasteiger partial charge is 0.478 e. The van der Waals surface area contributed by atoms with Gasteiger partial charge < -0.3 is 10.4 Å². The Morgan fingerprint density at radius 2 is 1.69 bits per heavy atom. The Bertz CT molecular complexity index is 1290. The van der Waals surface area contributed by atoms with Crippen molar-refractivity contribution in [1.82, 2.24) is 4.72 Å². The second-order valence-corrected chi connectivity index (χ2v) is 10.00. The van der Waals surface area contributed by atoms with Gasteiger partial charge in [-0.05, 0) is 60.5 Å². The fourth-order valence-corrected chi connectivity index (χ4v) is 4.40. The van der Waals surface area contributed by atoms with E-state index >= 15 is 0 Å². The van der Waals surface area contributed by atoms with Crippen LogP contribution in [0.3, 0.4) is 0 Å². The van der Waals surface area contributed by atoms with Crippen molar-refractivity contribution in [3.63, 3.8) is 0 Å². The predicted octanol–water partition coefficient (Wildman–Crippen LogP) is 4.84. The Morgan fingerprint density at radius 3 is 2.34 bits per heavy atom. The molecule has 10 heteroatoms. The van der Waals surface area contributed by atoms with Gasteiger partial charge in [-0.1, -0.05) is 45.7 Å². The third-order valence-electron chi connectivity index (χ3n) is 4.60. The number of sulfonamides is 1. The molecule has 0 aliphatic heterocycles. The van der Waals surface area contributed by atoms with Gasteiger partial charge in [0.1, 0.15) is 0 Å². The van der Waals surface area contributed by atoms with Crippen LogP contribution in [-0.2, 0) is 16.6 Å². The molecule has 1 amide bonds. The molecule has 0 atom stereocenters. The number of carbonyl (C=O) groups excluding carboxylic acids is 1. The minimum absolute atomic E-state index is 0.0514. The summed E-state index contributed by atoms with van der Waals surface area (Å²) >= 11 is 9.04. The number of amides is 1. The van der Waals surface area contributed by atoms with Crippen molar-refractivity contribution in [1.29, 1.82) is 0 Å². The van der Waals surface area contributed by atoms with E-state index < -0.39 is 21.9 Å². The summed E-state index contributed by atoms with van der Waals surface area (Å²) in [5.74, 6) is -1.83. The quantitative estimate of drug-likeness (QED) is 0.399. The number of carboxylic acid groups (broad SMARTS) is 1. The molecule has 0 aliphatic carbocycles. The van der Waals surface area contributed by atoms with Crippen LogP contribution in [0.5, 0.6) is 0 Å². The van der Waals surface area contributed by atoms with Gasteiger partial charge in [-0.25, -0.2) is 17.9 Å². The second kappa shape index (κ2) is 9.83. The average molecular weight is 538 g/mol. The maximum Gasteiger partial charge on any atom is 0.337 e. The van der Waals surface area contributed by atoms with E-state index in [0.29, 0.717) is 15.1 Å². The fourth-order valence-electron chi connectivity index (χ4n) is 2.87. The molecule has 3 aromatic rings. The number of carboxylic acids is 1. The first-order valence-electron chi connectivity index (χ1n) is 9.26. The summed E-state index contributed by atoms with van der Waals surface area (Å²) in [4.78, 5) is 24.2. The Balaban J connectivity index is 1.84. The average Bonchev–Trinajstić information content (AvgIpc) is 2.74. The summed E-state index contributed by atoms with van der Waals surface area (Å²) in [5, 5.41) is 12.5. The molecule has 0 aliphatic rings. The summed E-state index contributed by atoms with van der Waals surface area (Å²) in [6.07, 6.45) is 0. The number of benzene rings is 3. The van der Waals surface area contributed by atoms with Crippen LogP contribution in [0.15, 0.2) is 70.0 Å². The number of anilines is 1. The van der Waals surface area contributed by atoms with Gasteiger partial charge in [-0.3, -0.25) is 4.79 Å². The van der Waals surface area contributed by atoms with Crippen molar-refractivity contribution in [2.75, 3.05) is 5.32 Å². The normalized spacial score (nSPS) is 11.2. The maximum atomic E-state index is 12.8. The zero-order chi connectivity index (χ0) is 23.5. The molecule has 7 nitrogen and oxygen atoms in total. The minimum atomic E-state index is -3.90. The fraction of sp³-hybridized carbons (Fsp3) is 0.0909. The van der Waals surface area contributed by atoms with Crippen LogP contribution in [-0.4, -0.2) is 25.4 Å². The van der Waals surface area contributed by atoms with Crippen LogP contribution in [0.4, 0.5) is 5.69 Å². The lowest BCUT2D eigenvalue weighted by Gasteiger charge is -2.13. The van der Waals surface area contributed by atoms with Crippen molar-refractivity contribution in [2.45, 2.75) is 18.4 Å². The molecule has 3 aromatic carbocycles. The van der Waals surface area contributed by atoms with Crippen LogP contribution < -0.4 is 10.0 Å². The van der Waals surface area contributed by atoms with Crippen LogP contribution in [0.25, 0.3) is 0 Å². The number of aromatic carboxylic acids is 1. The molecule has 0 spiro atoms. The number of hydrogen-bond acceptors (Lipinski definition) is 4. The third-order valence-corrected chi connectivity index (χ3v) is 6.75. The standard InChI is InChI=1S/C22H18BrClN2O5S/c1-13-2-8-17(32(30,31)25-12-14-3-6-16(24)7-4-14)11-18(13)21(27)26-20-9-5-15(23)10-19(20)22(28)29/h2-11,25H,12H2,1H3,(H,26,27)(H,28,29). The molecule has 166 valence electrons. The van der Waals surface area contributed by atoms with Crippen LogP contribution >= 0.6 is 27.5 Å². The van der Waals surface area contributed by atoms with Gasteiger partial charge in [-0.2, -0.15) is 0 Å². The van der Waals surface area contributed by atoms with E-state index in [0.717, 1.165) is 5.56 Å². The monoisotopic (exact) mass is 536 g/mol. The molecule has 0 heterocycles. The minimum Gasteiger partial charge on any atom is -0.478 e. The van der Waals surface area contributed by atoms with Gasteiger partial charge in [0.25, 0.3) is 5.91 Å². The highest BCUT2D eigenvalue weighted by molar-refractivity contribution is 9.10. The van der Waals surface area contributed by atoms with Gasteiger partial charge in [0.05, 0.1) is 16.1 Å². The van der Waals surface area contributed by atoms with Crippen molar-refractivity contribution >= 4 is 55.1 Å². The summed E-state index contributed by atoms with van der Waals surface area (Å²) in [7, 11) is -3.90. The molecule has 3 rings (SSSR count). The highest BCUT2D eigenvalue weighted by Crippen LogP contribution is 2.23. The SMILES string of the molecule is Cc1ccc(S(=O)(=O)NCc2ccc(Cl)cc2)cc1C(=O)Nc1ccc(Br)cc1C(=O)O. The van der Waals surface area contributed by atoms with Crippen molar-refractivity contribution < 1.29 is 23.1 Å². The first kappa shape index (κ1) is 23.9. The molecule has 32 heavy (non-hydrogen) atoms. The molecular formula is C22H18BrClN2O5S. The molecule has 0 radical (unpaired) electrons. The Labute approximate surface area is 198 Å². The number of carbonyl (C=O) groups is 2. The second-order valence-electron chi connectivity index (χ2n) is 6.88. The summed E-state index contributed by atoms with van der Waals surface area (Å²) < 4.78 is 28.5. The zero-order valence-electron chi connectivity index (χ0n) is 16.7. The van der Waals surface area contributed by atoms with E-state index in [1.807, 2.05) is 0 Å². The van der Waals surface area contributed by atoms with E-state index in [2.05, 4.69) is 26.0 Å². The zero-order valence-corrected chi connectivity index (χ0v) is 19.9. The molecule has 0 saturated carbocycles. The lowest BCUT2D eigenvalue weighted by molar-refractivity contribution is 0.0698. The smallest absolute Gasteiger partial charge is 0.337 e. The molecule has 0 bridgehead atoms. The predicted molar refractivity (Wildman–Crippen MR) is 126 cm³/mol. The lowest BCUT2D eigenvalue weighted by atomic mass is 10.1. The van der Waals surface area contributed by atoms with Gasteiger partial charge in [0.2, 0.25) is 10.0 Å². The number of hydrogen-bond donors (Lipinski definition) is 3. The topological polar surface area (TPSA) is 113 Å². The van der Waals surface area contributed by atoms with Crippen molar-refractivity contribution in [2.24, 2.45) is 0 Å². The lowest BCUT2D eigenvalue weighted by Crippen LogP contribution is -2.24. The number of aryl methyl sites for hydroxylation is 1. The van der Waals surface area contributed by atoms with E-state index in [1.54, 1.807) is 37.3 Å². The summed E-state index contributed by atoms with van der Waals surface area (Å²) in [6.45, 7) is 1.71. The van der Waals surface area contributed by atoms with E-state index in [9.17, 15) is 23.1 Å². The van der Waals surface area contributed by atoms with Crippen molar-refractivity contribution in [3.8, 4) is 0 Å². The van der Waals surface area contributed by atoms with E-state index in [-0.39, 0.29) is 28.3 Å². The number of rotatable bonds is 7. The van der Waals surface area contributed by atoms with Gasteiger partial charge in [0, 0.05) is 21.6 Å². The first-order valence-corrected chi connectivity index (χ1v) is 11.9. The Morgan fingerprint density at radius 1 is 1.00 bits per heavy atom. The van der Waals surface area contributed by atoms with Gasteiger partial charge >= 0.3 is 5.97 Å². The highest BCUT2D eigenvalue weighted by Gasteiger charge is 2.20. The number of nitrogens with one attached hydrogen (secondary N) is 2. The molecule has 0 fully saturated rings. The highest BCUT2D eigenvalue weighted by atomic mass is 79.9. The van der Waals surface area contributed by atoms with E-state index in [4.69, 9.17) is 11.6 Å². The first-order chi connectivity index (χ1) is 15.1. The van der Waals surface area contributed by atoms with Gasteiger partial charge in [-0.15, -0.1) is 0 Å². The Kier molecular flexibility index (Phi) is 7.35. The Hall–Kier alpha value is -2.72. The molecule has 0 unspecified atom stereocenters. The summed E-state index contributed by atoms with van der Waals surface area (Å²) in [5.41, 5.74) is 1.37. The molecule has 0 aromatic heterocycles. The number of halogens is 2. The van der Waals surface area contributed by atoms with Crippen molar-refractivity contribution in [3.05, 3.63) is 92.4 Å². The maximum absolute atomic E-state index is 12.8. The molecule has 3 N–H and O–H groups in total. The van der Waals surface area contributed by atoms with E-state index in [1.165, 1.54) is 30.3 Å². The molecular weight excluding hydrogens is 520 g/mol.